The molecule has 5 heteroatoms. The van der Waals surface area contributed by atoms with E-state index in [2.05, 4.69) is 0 Å². The van der Waals surface area contributed by atoms with Crippen molar-refractivity contribution in [3.05, 3.63) is 65.9 Å². The van der Waals surface area contributed by atoms with Crippen molar-refractivity contribution in [1.82, 2.24) is 4.57 Å². The molecule has 24 heavy (non-hydrogen) atoms. The number of ether oxygens (including phenoxy) is 1. The van der Waals surface area contributed by atoms with Crippen LogP contribution in [0.15, 0.2) is 60.3 Å². The van der Waals surface area contributed by atoms with Crippen LogP contribution >= 0.6 is 0 Å². The van der Waals surface area contributed by atoms with Gasteiger partial charge in [0.2, 0.25) is 0 Å². The molecule has 5 nitrogen and oxygen atoms in total. The quantitative estimate of drug-likeness (QED) is 0.589. The Morgan fingerprint density at radius 1 is 1.21 bits per heavy atom. The summed E-state index contributed by atoms with van der Waals surface area (Å²) < 4.78 is 7.13. The zero-order valence-corrected chi connectivity index (χ0v) is 12.9. The van der Waals surface area contributed by atoms with Gasteiger partial charge in [0.25, 0.3) is 0 Å². The maximum absolute atomic E-state index is 11.1. The van der Waals surface area contributed by atoms with Crippen LogP contribution in [0.25, 0.3) is 22.7 Å². The second-order valence-corrected chi connectivity index (χ2v) is 5.14. The molecule has 3 aromatic rings. The van der Waals surface area contributed by atoms with Gasteiger partial charge in [-0.15, -0.1) is 0 Å². The van der Waals surface area contributed by atoms with Crippen LogP contribution in [0.5, 0.6) is 5.75 Å². The molecule has 0 aliphatic rings. The fraction of sp³-hybridized carbons (Fsp3) is 0.0526. The average molecular weight is 318 g/mol. The monoisotopic (exact) mass is 318 g/mol. The number of carbonyl (C=O) groups is 1. The van der Waals surface area contributed by atoms with Crippen LogP contribution in [0.1, 0.15) is 5.56 Å². The summed E-state index contributed by atoms with van der Waals surface area (Å²) in [5.74, 6) is -0.480. The Hall–Kier alpha value is -3.52. The number of fused-ring (bicyclic) bond motifs is 1. The van der Waals surface area contributed by atoms with E-state index in [1.54, 1.807) is 13.2 Å². The number of nitriles is 1. The molecule has 0 aliphatic heterocycles. The van der Waals surface area contributed by atoms with Crippen LogP contribution in [-0.4, -0.2) is 22.8 Å². The van der Waals surface area contributed by atoms with Gasteiger partial charge in [0.1, 0.15) is 17.4 Å². The molecule has 0 fully saturated rings. The molecule has 1 N–H and O–H groups in total. The fourth-order valence-electron chi connectivity index (χ4n) is 2.57. The van der Waals surface area contributed by atoms with Crippen molar-refractivity contribution in [2.75, 3.05) is 7.11 Å². The van der Waals surface area contributed by atoms with Crippen molar-refractivity contribution in [1.29, 1.82) is 5.26 Å². The van der Waals surface area contributed by atoms with Crippen LogP contribution in [0.3, 0.4) is 0 Å². The van der Waals surface area contributed by atoms with Gasteiger partial charge in [0.05, 0.1) is 12.6 Å². The van der Waals surface area contributed by atoms with Crippen LogP contribution < -0.4 is 4.74 Å². The molecule has 0 unspecified atom stereocenters. The number of rotatable bonds is 4. The molecular formula is C19H14N2O3. The van der Waals surface area contributed by atoms with Crippen molar-refractivity contribution < 1.29 is 14.6 Å². The average Bonchev–Trinajstić information content (AvgIpc) is 2.98. The third-order valence-electron chi connectivity index (χ3n) is 3.74. The predicted molar refractivity (Wildman–Crippen MR) is 91.1 cm³/mol. The van der Waals surface area contributed by atoms with E-state index in [-0.39, 0.29) is 5.57 Å². The van der Waals surface area contributed by atoms with E-state index < -0.39 is 5.97 Å². The highest BCUT2D eigenvalue weighted by Crippen LogP contribution is 2.27. The zero-order chi connectivity index (χ0) is 17.1. The Balaban J connectivity index is 2.20. The van der Waals surface area contributed by atoms with Gasteiger partial charge in [-0.3, -0.25) is 0 Å². The van der Waals surface area contributed by atoms with Gasteiger partial charge in [0.15, 0.2) is 0 Å². The third kappa shape index (κ3) is 2.73. The van der Waals surface area contributed by atoms with E-state index in [0.29, 0.717) is 5.56 Å². The van der Waals surface area contributed by atoms with Crippen molar-refractivity contribution in [2.24, 2.45) is 0 Å². The number of aromatic nitrogens is 1. The lowest BCUT2D eigenvalue weighted by Gasteiger charge is -2.06. The molecule has 1 aromatic heterocycles. The highest BCUT2D eigenvalue weighted by Gasteiger charge is 2.12. The zero-order valence-electron chi connectivity index (χ0n) is 12.9. The summed E-state index contributed by atoms with van der Waals surface area (Å²) >= 11 is 0. The van der Waals surface area contributed by atoms with Crippen molar-refractivity contribution in [3.63, 3.8) is 0 Å². The smallest absolute Gasteiger partial charge is 0.346 e. The maximum atomic E-state index is 11.1. The summed E-state index contributed by atoms with van der Waals surface area (Å²) in [4.78, 5) is 11.1. The van der Waals surface area contributed by atoms with Gasteiger partial charge in [0, 0.05) is 22.8 Å². The van der Waals surface area contributed by atoms with E-state index in [1.807, 2.05) is 59.3 Å². The molecule has 0 saturated heterocycles. The SMILES string of the molecule is COc1ccc(-n2cc(C=C(C#N)C(=O)O)c3ccccc32)cc1. The molecule has 2 aromatic carbocycles. The molecule has 118 valence electrons. The molecular weight excluding hydrogens is 304 g/mol. The lowest BCUT2D eigenvalue weighted by atomic mass is 10.1. The van der Waals surface area contributed by atoms with Crippen LogP contribution in [0.4, 0.5) is 0 Å². The van der Waals surface area contributed by atoms with E-state index in [9.17, 15) is 4.79 Å². The summed E-state index contributed by atoms with van der Waals surface area (Å²) in [5, 5.41) is 18.9. The normalized spacial score (nSPS) is 11.2. The molecule has 0 spiro atoms. The topological polar surface area (TPSA) is 75.2 Å². The summed E-state index contributed by atoms with van der Waals surface area (Å²) in [6.07, 6.45) is 3.22. The van der Waals surface area contributed by atoms with E-state index >= 15 is 0 Å². The second-order valence-electron chi connectivity index (χ2n) is 5.14. The van der Waals surface area contributed by atoms with Gasteiger partial charge in [-0.25, -0.2) is 4.79 Å². The molecule has 1 heterocycles. The maximum Gasteiger partial charge on any atom is 0.346 e. The van der Waals surface area contributed by atoms with Gasteiger partial charge in [-0.05, 0) is 36.4 Å². The highest BCUT2D eigenvalue weighted by atomic mass is 16.5. The summed E-state index contributed by atoms with van der Waals surface area (Å²) in [6.45, 7) is 0. The Morgan fingerprint density at radius 3 is 2.54 bits per heavy atom. The summed E-state index contributed by atoms with van der Waals surface area (Å²) in [5.41, 5.74) is 2.23. The number of methoxy groups -OCH3 is 1. The predicted octanol–water partition coefficient (Wildman–Crippen LogP) is 3.63. The Kier molecular flexibility index (Phi) is 4.04. The van der Waals surface area contributed by atoms with Crippen LogP contribution in [-0.2, 0) is 4.79 Å². The van der Waals surface area contributed by atoms with E-state index in [0.717, 1.165) is 22.3 Å². The molecule has 3 rings (SSSR count). The van der Waals surface area contributed by atoms with Crippen LogP contribution in [0, 0.1) is 11.3 Å². The van der Waals surface area contributed by atoms with Crippen molar-refractivity contribution >= 4 is 22.9 Å². The van der Waals surface area contributed by atoms with Gasteiger partial charge in [-0.2, -0.15) is 5.26 Å². The van der Waals surface area contributed by atoms with Gasteiger partial charge < -0.3 is 14.4 Å². The molecule has 0 aliphatic carbocycles. The summed E-state index contributed by atoms with van der Waals surface area (Å²) in [6, 6.07) is 16.9. The minimum atomic E-state index is -1.24. The van der Waals surface area contributed by atoms with Crippen LogP contribution in [0.2, 0.25) is 0 Å². The fourth-order valence-corrected chi connectivity index (χ4v) is 2.57. The standard InChI is InChI=1S/C19H14N2O3/c1-24-16-8-6-15(7-9-16)21-12-14(10-13(11-20)19(22)23)17-4-2-3-5-18(17)21/h2-10,12H,1H3,(H,22,23). The number of hydrogen-bond donors (Lipinski definition) is 1. The second kappa shape index (κ2) is 6.31. The largest absolute Gasteiger partial charge is 0.497 e. The first-order chi connectivity index (χ1) is 11.6. The number of aliphatic carboxylic acids is 1. The minimum absolute atomic E-state index is 0.298. The number of nitrogens with zero attached hydrogens (tertiary/aromatic N) is 2. The number of carboxylic acid groups (broad SMARTS) is 1. The minimum Gasteiger partial charge on any atom is -0.497 e. The number of benzene rings is 2. The lowest BCUT2D eigenvalue weighted by molar-refractivity contribution is -0.132. The van der Waals surface area contributed by atoms with Crippen molar-refractivity contribution in [2.45, 2.75) is 0 Å². The first-order valence-electron chi connectivity index (χ1n) is 7.23. The molecule has 0 saturated carbocycles. The molecule has 0 bridgehead atoms. The summed E-state index contributed by atoms with van der Waals surface area (Å²) in [7, 11) is 1.61. The number of para-hydroxylation sites is 1. The molecule has 0 amide bonds. The van der Waals surface area contributed by atoms with Gasteiger partial charge in [-0.1, -0.05) is 18.2 Å². The Morgan fingerprint density at radius 2 is 1.92 bits per heavy atom. The first kappa shape index (κ1) is 15.4. The van der Waals surface area contributed by atoms with Crippen molar-refractivity contribution in [3.8, 4) is 17.5 Å². The Labute approximate surface area is 138 Å². The van der Waals surface area contributed by atoms with E-state index in [4.69, 9.17) is 15.1 Å². The lowest BCUT2D eigenvalue weighted by Crippen LogP contribution is -1.97. The number of hydrogen-bond acceptors (Lipinski definition) is 3. The van der Waals surface area contributed by atoms with E-state index in [1.165, 1.54) is 6.08 Å². The third-order valence-corrected chi connectivity index (χ3v) is 3.74. The highest BCUT2D eigenvalue weighted by molar-refractivity contribution is 6.00. The Bertz CT molecular complexity index is 976. The molecule has 0 atom stereocenters. The molecule has 0 radical (unpaired) electrons. The number of carboxylic acids is 1. The first-order valence-corrected chi connectivity index (χ1v) is 7.23. The van der Waals surface area contributed by atoms with Gasteiger partial charge >= 0.3 is 5.97 Å².